The van der Waals surface area contributed by atoms with Crippen LogP contribution in [0.15, 0.2) is 42.5 Å². The van der Waals surface area contributed by atoms with Gasteiger partial charge in [0.25, 0.3) is 0 Å². The van der Waals surface area contributed by atoms with Crippen LogP contribution in [0.4, 0.5) is 0 Å². The molecular formula is C26H37N3O2. The van der Waals surface area contributed by atoms with Crippen molar-refractivity contribution < 1.29 is 9.47 Å². The molecule has 1 N–H and O–H groups in total. The number of hydrogen-bond acceptors (Lipinski definition) is 5. The molecule has 5 nitrogen and oxygen atoms in total. The Morgan fingerprint density at radius 3 is 2.65 bits per heavy atom. The van der Waals surface area contributed by atoms with Gasteiger partial charge in [0.15, 0.2) is 0 Å². The highest BCUT2D eigenvalue weighted by molar-refractivity contribution is 5.38. The molecule has 0 unspecified atom stereocenters. The Kier molecular flexibility index (Phi) is 7.28. The molecule has 31 heavy (non-hydrogen) atoms. The lowest BCUT2D eigenvalue weighted by Gasteiger charge is -2.35. The first-order valence-corrected chi connectivity index (χ1v) is 11.5. The molecule has 0 aromatic heterocycles. The van der Waals surface area contributed by atoms with Crippen LogP contribution in [0.1, 0.15) is 42.5 Å². The maximum Gasteiger partial charge on any atom is 0.119 e. The average Bonchev–Trinajstić information content (AvgIpc) is 3.25. The fourth-order valence-corrected chi connectivity index (χ4v) is 4.62. The normalized spacial score (nSPS) is 17.6. The van der Waals surface area contributed by atoms with E-state index in [0.29, 0.717) is 6.61 Å². The lowest BCUT2D eigenvalue weighted by molar-refractivity contribution is 0.0126. The van der Waals surface area contributed by atoms with Gasteiger partial charge in [-0.15, -0.1) is 0 Å². The first kappa shape index (κ1) is 22.3. The van der Waals surface area contributed by atoms with Gasteiger partial charge in [-0.25, -0.2) is 0 Å². The van der Waals surface area contributed by atoms with E-state index >= 15 is 0 Å². The van der Waals surface area contributed by atoms with Crippen LogP contribution in [0.25, 0.3) is 0 Å². The Bertz CT molecular complexity index is 861. The fraction of sp³-hybridized carbons (Fsp3) is 0.538. The number of hydrogen-bond donors (Lipinski definition) is 1. The number of fused-ring (bicyclic) bond motifs is 1. The molecule has 5 heteroatoms. The zero-order valence-electron chi connectivity index (χ0n) is 19.3. The fourth-order valence-electron chi connectivity index (χ4n) is 4.62. The van der Waals surface area contributed by atoms with Crippen LogP contribution in [0, 0.1) is 0 Å². The summed E-state index contributed by atoms with van der Waals surface area (Å²) in [7, 11) is 1.73. The Hall–Kier alpha value is -1.92. The van der Waals surface area contributed by atoms with E-state index in [4.69, 9.17) is 9.47 Å². The number of nitrogens with zero attached hydrogens (tertiary/aromatic N) is 2. The number of nitrogens with one attached hydrogen (secondary N) is 1. The molecule has 0 bridgehead atoms. The minimum Gasteiger partial charge on any atom is -0.497 e. The summed E-state index contributed by atoms with van der Waals surface area (Å²) < 4.78 is 11.5. The van der Waals surface area contributed by atoms with Crippen molar-refractivity contribution in [2.24, 2.45) is 0 Å². The molecule has 0 amide bonds. The van der Waals surface area contributed by atoms with Crippen LogP contribution in [-0.2, 0) is 30.9 Å². The molecule has 0 saturated carbocycles. The Balaban J connectivity index is 1.34. The summed E-state index contributed by atoms with van der Waals surface area (Å²) in [6.07, 6.45) is 2.17. The second-order valence-corrected chi connectivity index (χ2v) is 9.42. The van der Waals surface area contributed by atoms with Gasteiger partial charge in [0, 0.05) is 44.8 Å². The number of ether oxygens (including phenoxy) is 2. The highest BCUT2D eigenvalue weighted by Gasteiger charge is 2.32. The lowest BCUT2D eigenvalue weighted by atomic mass is 9.93. The van der Waals surface area contributed by atoms with Gasteiger partial charge >= 0.3 is 0 Å². The Morgan fingerprint density at radius 1 is 1.03 bits per heavy atom. The first-order chi connectivity index (χ1) is 15.0. The molecule has 2 aromatic rings. The standard InChI is InChI=1S/C26H37N3O2/c1-26(2,11-10-21-6-4-9-24(16-21)30-3)29-17-22-7-5-8-23(25(22)18-29)19-31-20-28-14-12-27-13-15-28/h4-9,16,27H,10-15,17-20H2,1-3H3. The summed E-state index contributed by atoms with van der Waals surface area (Å²) in [6.45, 7) is 12.5. The molecule has 168 valence electrons. The molecular weight excluding hydrogens is 386 g/mol. The van der Waals surface area contributed by atoms with Crippen LogP contribution in [0.5, 0.6) is 5.75 Å². The zero-order chi connectivity index (χ0) is 21.7. The van der Waals surface area contributed by atoms with E-state index in [1.807, 2.05) is 6.07 Å². The first-order valence-electron chi connectivity index (χ1n) is 11.5. The number of rotatable bonds is 9. The summed E-state index contributed by atoms with van der Waals surface area (Å²) in [5, 5.41) is 3.39. The largest absolute Gasteiger partial charge is 0.497 e. The second-order valence-electron chi connectivity index (χ2n) is 9.42. The van der Waals surface area contributed by atoms with Crippen molar-refractivity contribution in [1.29, 1.82) is 0 Å². The van der Waals surface area contributed by atoms with E-state index < -0.39 is 0 Å². The van der Waals surface area contributed by atoms with Gasteiger partial charge in [-0.1, -0.05) is 30.3 Å². The summed E-state index contributed by atoms with van der Waals surface area (Å²) >= 11 is 0. The van der Waals surface area contributed by atoms with Crippen molar-refractivity contribution in [1.82, 2.24) is 15.1 Å². The third-order valence-corrected chi connectivity index (χ3v) is 6.84. The van der Waals surface area contributed by atoms with Gasteiger partial charge in [0.2, 0.25) is 0 Å². The lowest BCUT2D eigenvalue weighted by Crippen LogP contribution is -2.44. The highest BCUT2D eigenvalue weighted by Crippen LogP contribution is 2.34. The minimum atomic E-state index is 0.126. The van der Waals surface area contributed by atoms with Gasteiger partial charge in [0.05, 0.1) is 20.4 Å². The molecule has 2 aliphatic heterocycles. The van der Waals surface area contributed by atoms with E-state index in [1.165, 1.54) is 22.3 Å². The smallest absolute Gasteiger partial charge is 0.119 e. The van der Waals surface area contributed by atoms with Crippen molar-refractivity contribution in [2.75, 3.05) is 40.0 Å². The van der Waals surface area contributed by atoms with E-state index in [-0.39, 0.29) is 5.54 Å². The predicted molar refractivity (Wildman–Crippen MR) is 125 cm³/mol. The molecule has 0 atom stereocenters. The van der Waals surface area contributed by atoms with E-state index in [1.54, 1.807) is 7.11 Å². The SMILES string of the molecule is COc1cccc(CCC(C)(C)N2Cc3cccc(COCN4CCNCC4)c3C2)c1. The average molecular weight is 424 g/mol. The topological polar surface area (TPSA) is 37.0 Å². The summed E-state index contributed by atoms with van der Waals surface area (Å²) in [5.74, 6) is 0.939. The van der Waals surface area contributed by atoms with Crippen molar-refractivity contribution in [3.05, 3.63) is 64.7 Å². The minimum absolute atomic E-state index is 0.126. The van der Waals surface area contributed by atoms with Crippen molar-refractivity contribution in [2.45, 2.75) is 51.9 Å². The predicted octanol–water partition coefficient (Wildman–Crippen LogP) is 3.80. The molecule has 2 aliphatic rings. The quantitative estimate of drug-likeness (QED) is 0.664. The third kappa shape index (κ3) is 5.66. The third-order valence-electron chi connectivity index (χ3n) is 6.84. The van der Waals surface area contributed by atoms with Gasteiger partial charge in [-0.3, -0.25) is 9.80 Å². The number of aryl methyl sites for hydroxylation is 1. The van der Waals surface area contributed by atoms with Crippen LogP contribution in [0.3, 0.4) is 0 Å². The summed E-state index contributed by atoms with van der Waals surface area (Å²) in [5.41, 5.74) is 5.74. The van der Waals surface area contributed by atoms with Crippen LogP contribution < -0.4 is 10.1 Å². The Labute approximate surface area is 187 Å². The molecule has 2 aromatic carbocycles. The van der Waals surface area contributed by atoms with E-state index in [0.717, 1.165) is 64.6 Å². The maximum absolute atomic E-state index is 6.10. The highest BCUT2D eigenvalue weighted by atomic mass is 16.5. The molecule has 2 heterocycles. The number of methoxy groups -OCH3 is 1. The molecule has 0 aliphatic carbocycles. The number of piperazine rings is 1. The maximum atomic E-state index is 6.10. The van der Waals surface area contributed by atoms with Gasteiger partial charge < -0.3 is 14.8 Å². The van der Waals surface area contributed by atoms with E-state index in [9.17, 15) is 0 Å². The monoisotopic (exact) mass is 423 g/mol. The number of benzene rings is 2. The molecule has 1 fully saturated rings. The van der Waals surface area contributed by atoms with E-state index in [2.05, 4.69) is 65.4 Å². The van der Waals surface area contributed by atoms with Gasteiger partial charge in [0.1, 0.15) is 5.75 Å². The van der Waals surface area contributed by atoms with Gasteiger partial charge in [-0.2, -0.15) is 0 Å². The molecule has 4 rings (SSSR count). The van der Waals surface area contributed by atoms with Crippen molar-refractivity contribution in [3.63, 3.8) is 0 Å². The molecule has 0 spiro atoms. The zero-order valence-corrected chi connectivity index (χ0v) is 19.3. The Morgan fingerprint density at radius 2 is 1.84 bits per heavy atom. The summed E-state index contributed by atoms with van der Waals surface area (Å²) in [6, 6.07) is 15.2. The van der Waals surface area contributed by atoms with Crippen molar-refractivity contribution in [3.8, 4) is 5.75 Å². The van der Waals surface area contributed by atoms with Crippen molar-refractivity contribution >= 4 is 0 Å². The van der Waals surface area contributed by atoms with Crippen LogP contribution in [0.2, 0.25) is 0 Å². The molecule has 1 saturated heterocycles. The van der Waals surface area contributed by atoms with Gasteiger partial charge in [-0.05, 0) is 61.1 Å². The van der Waals surface area contributed by atoms with Crippen LogP contribution >= 0.6 is 0 Å². The molecule has 0 radical (unpaired) electrons. The van der Waals surface area contributed by atoms with Crippen LogP contribution in [-0.4, -0.2) is 55.4 Å². The second kappa shape index (κ2) is 10.1. The summed E-state index contributed by atoms with van der Waals surface area (Å²) in [4.78, 5) is 5.01.